The fourth-order valence-electron chi connectivity index (χ4n) is 2.75. The van der Waals surface area contributed by atoms with Gasteiger partial charge < -0.3 is 10.1 Å². The molecule has 1 saturated heterocycles. The van der Waals surface area contributed by atoms with E-state index in [2.05, 4.69) is 23.2 Å². The zero-order valence-electron chi connectivity index (χ0n) is 11.8. The van der Waals surface area contributed by atoms with E-state index < -0.39 is 0 Å². The molecule has 1 aromatic carbocycles. The topological polar surface area (TPSA) is 24.5 Å². The van der Waals surface area contributed by atoms with E-state index in [4.69, 9.17) is 16.3 Å². The second kappa shape index (κ2) is 7.13. The number of nitrogens with zero attached hydrogens (tertiary/aromatic N) is 1. The first-order valence-electron chi connectivity index (χ1n) is 7.01. The van der Waals surface area contributed by atoms with Crippen molar-refractivity contribution in [3.05, 3.63) is 28.8 Å². The number of benzene rings is 1. The van der Waals surface area contributed by atoms with Gasteiger partial charge in [-0.2, -0.15) is 0 Å². The molecule has 0 radical (unpaired) electrons. The second-order valence-corrected chi connectivity index (χ2v) is 5.43. The van der Waals surface area contributed by atoms with Gasteiger partial charge in [-0.05, 0) is 43.6 Å². The summed E-state index contributed by atoms with van der Waals surface area (Å²) in [7, 11) is 1.64. The van der Waals surface area contributed by atoms with Crippen LogP contribution in [0.1, 0.15) is 25.3 Å². The van der Waals surface area contributed by atoms with Gasteiger partial charge in [-0.1, -0.05) is 24.6 Å². The molecule has 1 aromatic rings. The van der Waals surface area contributed by atoms with Gasteiger partial charge in [0.1, 0.15) is 5.75 Å². The van der Waals surface area contributed by atoms with Crippen molar-refractivity contribution in [2.75, 3.05) is 26.7 Å². The van der Waals surface area contributed by atoms with Crippen LogP contribution in [0.3, 0.4) is 0 Å². The average molecular weight is 283 g/mol. The van der Waals surface area contributed by atoms with Crippen molar-refractivity contribution in [2.24, 2.45) is 0 Å². The molecule has 19 heavy (non-hydrogen) atoms. The van der Waals surface area contributed by atoms with Crippen molar-refractivity contribution < 1.29 is 4.74 Å². The molecule has 1 heterocycles. The van der Waals surface area contributed by atoms with Crippen LogP contribution in [0, 0.1) is 0 Å². The van der Waals surface area contributed by atoms with Gasteiger partial charge in [0.2, 0.25) is 0 Å². The van der Waals surface area contributed by atoms with Crippen molar-refractivity contribution in [3.63, 3.8) is 0 Å². The Morgan fingerprint density at radius 3 is 3.00 bits per heavy atom. The molecule has 106 valence electrons. The predicted molar refractivity (Wildman–Crippen MR) is 80.0 cm³/mol. The smallest absolute Gasteiger partial charge is 0.137 e. The highest BCUT2D eigenvalue weighted by molar-refractivity contribution is 6.32. The zero-order chi connectivity index (χ0) is 13.7. The molecule has 0 spiro atoms. The molecular weight excluding hydrogens is 260 g/mol. The van der Waals surface area contributed by atoms with E-state index in [1.807, 2.05) is 12.1 Å². The Morgan fingerprint density at radius 2 is 2.32 bits per heavy atom. The Labute approximate surface area is 120 Å². The summed E-state index contributed by atoms with van der Waals surface area (Å²) in [5.41, 5.74) is 1.20. The van der Waals surface area contributed by atoms with Gasteiger partial charge in [0.05, 0.1) is 12.1 Å². The van der Waals surface area contributed by atoms with E-state index in [9.17, 15) is 0 Å². The summed E-state index contributed by atoms with van der Waals surface area (Å²) < 4.78 is 5.16. The van der Waals surface area contributed by atoms with Crippen LogP contribution >= 0.6 is 11.6 Å². The van der Waals surface area contributed by atoms with Crippen LogP contribution in [-0.2, 0) is 6.54 Å². The molecular formula is C15H23ClN2O. The highest BCUT2D eigenvalue weighted by Crippen LogP contribution is 2.24. The van der Waals surface area contributed by atoms with Gasteiger partial charge in [0.25, 0.3) is 0 Å². The van der Waals surface area contributed by atoms with E-state index in [1.54, 1.807) is 7.11 Å². The predicted octanol–water partition coefficient (Wildman–Crippen LogP) is 2.92. The van der Waals surface area contributed by atoms with E-state index in [-0.39, 0.29) is 0 Å². The van der Waals surface area contributed by atoms with E-state index in [0.29, 0.717) is 11.1 Å². The van der Waals surface area contributed by atoms with Gasteiger partial charge in [-0.15, -0.1) is 0 Å². The molecule has 0 aliphatic carbocycles. The van der Waals surface area contributed by atoms with Gasteiger partial charge in [0.15, 0.2) is 0 Å². The number of methoxy groups -OCH3 is 1. The van der Waals surface area contributed by atoms with E-state index >= 15 is 0 Å². The SMILES string of the molecule is CCN1CCC[C@@H]1CNCc1ccc(OC)c(Cl)c1. The summed E-state index contributed by atoms with van der Waals surface area (Å²) in [4.78, 5) is 2.55. The third-order valence-corrected chi connectivity index (χ3v) is 4.13. The Hall–Kier alpha value is -0.770. The quantitative estimate of drug-likeness (QED) is 0.868. The van der Waals surface area contributed by atoms with Gasteiger partial charge in [-0.25, -0.2) is 0 Å². The third kappa shape index (κ3) is 3.85. The summed E-state index contributed by atoms with van der Waals surface area (Å²) in [5, 5.41) is 4.21. The van der Waals surface area contributed by atoms with Crippen molar-refractivity contribution in [1.29, 1.82) is 0 Å². The average Bonchev–Trinajstić information content (AvgIpc) is 2.86. The molecule has 1 aliphatic rings. The number of likely N-dealkylation sites (N-methyl/N-ethyl adjacent to an activating group) is 1. The first-order chi connectivity index (χ1) is 9.24. The van der Waals surface area contributed by atoms with Crippen molar-refractivity contribution in [2.45, 2.75) is 32.4 Å². The lowest BCUT2D eigenvalue weighted by atomic mass is 10.2. The highest BCUT2D eigenvalue weighted by Gasteiger charge is 2.21. The number of hydrogen-bond acceptors (Lipinski definition) is 3. The number of nitrogens with one attached hydrogen (secondary N) is 1. The lowest BCUT2D eigenvalue weighted by Gasteiger charge is -2.23. The van der Waals surface area contributed by atoms with Crippen molar-refractivity contribution >= 4 is 11.6 Å². The first-order valence-corrected chi connectivity index (χ1v) is 7.39. The summed E-state index contributed by atoms with van der Waals surface area (Å²) in [6, 6.07) is 6.65. The molecule has 4 heteroatoms. The molecule has 1 N–H and O–H groups in total. The van der Waals surface area contributed by atoms with Gasteiger partial charge >= 0.3 is 0 Å². The largest absolute Gasteiger partial charge is 0.495 e. The molecule has 1 atom stereocenters. The zero-order valence-corrected chi connectivity index (χ0v) is 12.5. The summed E-state index contributed by atoms with van der Waals surface area (Å²) in [5.74, 6) is 0.735. The maximum atomic E-state index is 6.12. The van der Waals surface area contributed by atoms with E-state index in [1.165, 1.54) is 24.9 Å². The normalized spacial score (nSPS) is 19.8. The molecule has 0 saturated carbocycles. The number of hydrogen-bond donors (Lipinski definition) is 1. The number of likely N-dealkylation sites (tertiary alicyclic amines) is 1. The van der Waals surface area contributed by atoms with Crippen LogP contribution in [-0.4, -0.2) is 37.7 Å². The third-order valence-electron chi connectivity index (χ3n) is 3.83. The number of rotatable bonds is 6. The summed E-state index contributed by atoms with van der Waals surface area (Å²) in [6.45, 7) is 6.55. The second-order valence-electron chi connectivity index (χ2n) is 5.02. The minimum Gasteiger partial charge on any atom is -0.495 e. The summed E-state index contributed by atoms with van der Waals surface area (Å²) in [6.07, 6.45) is 2.64. The Kier molecular flexibility index (Phi) is 5.49. The maximum Gasteiger partial charge on any atom is 0.137 e. The lowest BCUT2D eigenvalue weighted by molar-refractivity contribution is 0.260. The van der Waals surface area contributed by atoms with Crippen LogP contribution < -0.4 is 10.1 Å². The monoisotopic (exact) mass is 282 g/mol. The molecule has 1 fully saturated rings. The molecule has 0 unspecified atom stereocenters. The summed E-state index contributed by atoms with van der Waals surface area (Å²) >= 11 is 6.12. The van der Waals surface area contributed by atoms with Gasteiger partial charge in [0, 0.05) is 19.1 Å². The Balaban J connectivity index is 1.81. The highest BCUT2D eigenvalue weighted by atomic mass is 35.5. The van der Waals surface area contributed by atoms with E-state index in [0.717, 1.165) is 25.4 Å². The fourth-order valence-corrected chi connectivity index (χ4v) is 3.03. The molecule has 0 amide bonds. The molecule has 2 rings (SSSR count). The van der Waals surface area contributed by atoms with Crippen LogP contribution in [0.5, 0.6) is 5.75 Å². The standard InChI is InChI=1S/C15H23ClN2O/c1-3-18-8-4-5-13(18)11-17-10-12-6-7-15(19-2)14(16)9-12/h6-7,9,13,17H,3-5,8,10-11H2,1-2H3/t13-/m1/s1. The van der Waals surface area contributed by atoms with Crippen LogP contribution in [0.2, 0.25) is 5.02 Å². The van der Waals surface area contributed by atoms with Crippen molar-refractivity contribution in [1.82, 2.24) is 10.2 Å². The molecule has 0 bridgehead atoms. The molecule has 3 nitrogen and oxygen atoms in total. The molecule has 0 aromatic heterocycles. The van der Waals surface area contributed by atoms with Crippen LogP contribution in [0.4, 0.5) is 0 Å². The Bertz CT molecular complexity index is 411. The van der Waals surface area contributed by atoms with Gasteiger partial charge in [-0.3, -0.25) is 4.90 Å². The van der Waals surface area contributed by atoms with Crippen molar-refractivity contribution in [3.8, 4) is 5.75 Å². The number of ether oxygens (including phenoxy) is 1. The first kappa shape index (κ1) is 14.6. The van der Waals surface area contributed by atoms with Crippen LogP contribution in [0.25, 0.3) is 0 Å². The lowest BCUT2D eigenvalue weighted by Crippen LogP contribution is -2.37. The fraction of sp³-hybridized carbons (Fsp3) is 0.600. The Morgan fingerprint density at radius 1 is 1.47 bits per heavy atom. The minimum atomic E-state index is 0.679. The molecule has 1 aliphatic heterocycles. The minimum absolute atomic E-state index is 0.679. The van der Waals surface area contributed by atoms with Crippen LogP contribution in [0.15, 0.2) is 18.2 Å². The maximum absolute atomic E-state index is 6.12. The number of halogens is 1.